The lowest BCUT2D eigenvalue weighted by Crippen LogP contribution is -2.21. The number of anilines is 1. The molecular formula is C21H16N2O5S2. The van der Waals surface area contributed by atoms with Gasteiger partial charge in [0.05, 0.1) is 23.8 Å². The fourth-order valence-electron chi connectivity index (χ4n) is 2.53. The van der Waals surface area contributed by atoms with Gasteiger partial charge in [0.25, 0.3) is 5.91 Å². The predicted molar refractivity (Wildman–Crippen MR) is 114 cm³/mol. The molecule has 3 rings (SSSR count). The van der Waals surface area contributed by atoms with E-state index in [4.69, 9.17) is 14.7 Å². The first-order chi connectivity index (χ1) is 14.5. The van der Waals surface area contributed by atoms with Crippen LogP contribution >= 0.6 is 22.7 Å². The molecule has 1 aromatic carbocycles. The van der Waals surface area contributed by atoms with Gasteiger partial charge < -0.3 is 14.8 Å². The summed E-state index contributed by atoms with van der Waals surface area (Å²) in [6, 6.07) is 11.6. The van der Waals surface area contributed by atoms with Crippen LogP contribution in [0.1, 0.15) is 33.2 Å². The lowest BCUT2D eigenvalue weighted by atomic mass is 10.1. The average Bonchev–Trinajstić information content (AvgIpc) is 3.42. The maximum atomic E-state index is 12.5. The van der Waals surface area contributed by atoms with Gasteiger partial charge in [0.15, 0.2) is 6.61 Å². The first-order valence-electron chi connectivity index (χ1n) is 8.83. The van der Waals surface area contributed by atoms with Crippen molar-refractivity contribution in [3.8, 4) is 16.5 Å². The van der Waals surface area contributed by atoms with Crippen LogP contribution in [0, 0.1) is 11.3 Å². The van der Waals surface area contributed by atoms with E-state index in [2.05, 4.69) is 5.32 Å². The van der Waals surface area contributed by atoms with Crippen LogP contribution in [-0.4, -0.2) is 31.1 Å². The van der Waals surface area contributed by atoms with Crippen LogP contribution in [0.25, 0.3) is 10.4 Å². The molecule has 0 radical (unpaired) electrons. The van der Waals surface area contributed by atoms with E-state index in [1.807, 2.05) is 23.6 Å². The SMILES string of the molecule is CCOC(=O)c1c(-c2cccs2)csc1NC(=O)COC(=O)c1ccc(C#N)cc1. The summed E-state index contributed by atoms with van der Waals surface area (Å²) in [4.78, 5) is 37.7. The molecule has 0 bridgehead atoms. The molecule has 0 saturated heterocycles. The Bertz CT molecular complexity index is 1100. The molecule has 0 saturated carbocycles. The first kappa shape index (κ1) is 21.2. The molecule has 30 heavy (non-hydrogen) atoms. The van der Waals surface area contributed by atoms with Gasteiger partial charge in [-0.2, -0.15) is 5.26 Å². The summed E-state index contributed by atoms with van der Waals surface area (Å²) in [5.74, 6) is -1.81. The van der Waals surface area contributed by atoms with Gasteiger partial charge in [-0.1, -0.05) is 6.07 Å². The number of ether oxygens (including phenoxy) is 2. The van der Waals surface area contributed by atoms with Crippen LogP contribution in [0.2, 0.25) is 0 Å². The van der Waals surface area contributed by atoms with Crippen molar-refractivity contribution in [3.05, 3.63) is 63.8 Å². The van der Waals surface area contributed by atoms with E-state index < -0.39 is 24.5 Å². The number of nitriles is 1. The second-order valence-corrected chi connectivity index (χ2v) is 7.69. The van der Waals surface area contributed by atoms with E-state index in [0.717, 1.165) is 4.88 Å². The van der Waals surface area contributed by atoms with Crippen LogP contribution in [0.5, 0.6) is 0 Å². The molecule has 0 fully saturated rings. The molecule has 0 spiro atoms. The zero-order valence-electron chi connectivity index (χ0n) is 15.8. The van der Waals surface area contributed by atoms with Gasteiger partial charge in [0.2, 0.25) is 0 Å². The molecular weight excluding hydrogens is 424 g/mol. The minimum atomic E-state index is -0.689. The number of thiophene rings is 2. The second kappa shape index (κ2) is 9.82. The number of nitrogens with zero attached hydrogens (tertiary/aromatic N) is 1. The minimum absolute atomic E-state index is 0.203. The van der Waals surface area contributed by atoms with E-state index in [1.165, 1.54) is 46.9 Å². The number of esters is 2. The maximum Gasteiger partial charge on any atom is 0.341 e. The first-order valence-corrected chi connectivity index (χ1v) is 10.6. The Hall–Kier alpha value is -3.48. The summed E-state index contributed by atoms with van der Waals surface area (Å²) in [6.45, 7) is 1.39. The van der Waals surface area contributed by atoms with Crippen molar-refractivity contribution in [1.29, 1.82) is 5.26 Å². The minimum Gasteiger partial charge on any atom is -0.462 e. The summed E-state index contributed by atoms with van der Waals surface area (Å²) >= 11 is 2.66. The van der Waals surface area contributed by atoms with Gasteiger partial charge in [0.1, 0.15) is 10.6 Å². The van der Waals surface area contributed by atoms with Crippen LogP contribution in [0.15, 0.2) is 47.2 Å². The highest BCUT2D eigenvalue weighted by molar-refractivity contribution is 7.17. The third kappa shape index (κ3) is 4.92. The third-order valence-corrected chi connectivity index (χ3v) is 5.69. The molecule has 0 aliphatic heterocycles. The van der Waals surface area contributed by atoms with E-state index in [0.29, 0.717) is 16.1 Å². The van der Waals surface area contributed by atoms with Gasteiger partial charge in [-0.05, 0) is 42.6 Å². The Morgan fingerprint density at radius 2 is 1.83 bits per heavy atom. The van der Waals surface area contributed by atoms with Crippen molar-refractivity contribution >= 4 is 45.5 Å². The maximum absolute atomic E-state index is 12.5. The molecule has 2 aromatic heterocycles. The van der Waals surface area contributed by atoms with E-state index in [1.54, 1.807) is 12.3 Å². The number of hydrogen-bond donors (Lipinski definition) is 1. The van der Waals surface area contributed by atoms with Gasteiger partial charge in [0, 0.05) is 15.8 Å². The highest BCUT2D eigenvalue weighted by atomic mass is 32.1. The number of hydrogen-bond acceptors (Lipinski definition) is 8. The largest absolute Gasteiger partial charge is 0.462 e. The smallest absolute Gasteiger partial charge is 0.341 e. The van der Waals surface area contributed by atoms with Crippen LogP contribution in [0.4, 0.5) is 5.00 Å². The quantitative estimate of drug-likeness (QED) is 0.549. The molecule has 1 amide bonds. The van der Waals surface area contributed by atoms with E-state index in [-0.39, 0.29) is 17.7 Å². The molecule has 2 heterocycles. The highest BCUT2D eigenvalue weighted by Crippen LogP contribution is 2.38. The second-order valence-electron chi connectivity index (χ2n) is 5.86. The topological polar surface area (TPSA) is 105 Å². The van der Waals surface area contributed by atoms with Gasteiger partial charge >= 0.3 is 11.9 Å². The van der Waals surface area contributed by atoms with Gasteiger partial charge in [-0.25, -0.2) is 9.59 Å². The van der Waals surface area contributed by atoms with Crippen LogP contribution in [-0.2, 0) is 14.3 Å². The summed E-state index contributed by atoms with van der Waals surface area (Å²) in [5.41, 5.74) is 1.59. The third-order valence-electron chi connectivity index (χ3n) is 3.89. The number of carbonyl (C=O) groups excluding carboxylic acids is 3. The van der Waals surface area contributed by atoms with Crippen molar-refractivity contribution in [2.45, 2.75) is 6.92 Å². The van der Waals surface area contributed by atoms with Crippen LogP contribution in [0.3, 0.4) is 0 Å². The summed E-state index contributed by atoms with van der Waals surface area (Å²) in [5, 5.41) is 15.4. The van der Waals surface area contributed by atoms with Crippen LogP contribution < -0.4 is 5.32 Å². The fourth-order valence-corrected chi connectivity index (χ4v) is 4.31. The lowest BCUT2D eigenvalue weighted by molar-refractivity contribution is -0.119. The van der Waals surface area contributed by atoms with Gasteiger partial charge in [-0.15, -0.1) is 22.7 Å². The molecule has 3 aromatic rings. The summed E-state index contributed by atoms with van der Waals surface area (Å²) < 4.78 is 10.2. The Kier molecular flexibility index (Phi) is 6.95. The van der Waals surface area contributed by atoms with Crippen molar-refractivity contribution in [1.82, 2.24) is 0 Å². The number of amides is 1. The molecule has 0 aliphatic carbocycles. The highest BCUT2D eigenvalue weighted by Gasteiger charge is 2.23. The zero-order valence-corrected chi connectivity index (χ0v) is 17.5. The number of carbonyl (C=O) groups is 3. The fraction of sp³-hybridized carbons (Fsp3) is 0.143. The van der Waals surface area contributed by atoms with E-state index >= 15 is 0 Å². The standard InChI is InChI=1S/C21H16N2O5S2/c1-2-27-21(26)18-15(16-4-3-9-29-16)12-30-19(18)23-17(24)11-28-20(25)14-7-5-13(10-22)6-8-14/h3-9,12H,2,11H2,1H3,(H,23,24). The molecule has 0 unspecified atom stereocenters. The zero-order chi connectivity index (χ0) is 21.5. The van der Waals surface area contributed by atoms with E-state index in [9.17, 15) is 14.4 Å². The van der Waals surface area contributed by atoms with Gasteiger partial charge in [-0.3, -0.25) is 4.79 Å². The molecule has 9 heteroatoms. The Labute approximate surface area is 180 Å². The molecule has 0 atom stereocenters. The van der Waals surface area contributed by atoms with Crippen molar-refractivity contribution < 1.29 is 23.9 Å². The van der Waals surface area contributed by atoms with Crippen molar-refractivity contribution in [2.24, 2.45) is 0 Å². The predicted octanol–water partition coefficient (Wildman–Crippen LogP) is 4.32. The Morgan fingerprint density at radius 3 is 2.47 bits per heavy atom. The Balaban J connectivity index is 1.69. The molecule has 0 aliphatic rings. The molecule has 152 valence electrons. The number of nitrogens with one attached hydrogen (secondary N) is 1. The number of benzene rings is 1. The monoisotopic (exact) mass is 440 g/mol. The number of rotatable bonds is 7. The van der Waals surface area contributed by atoms with Crippen molar-refractivity contribution in [3.63, 3.8) is 0 Å². The summed E-state index contributed by atoms with van der Waals surface area (Å²) in [7, 11) is 0. The Morgan fingerprint density at radius 1 is 1.07 bits per heavy atom. The van der Waals surface area contributed by atoms with Crippen molar-refractivity contribution in [2.75, 3.05) is 18.5 Å². The summed E-state index contributed by atoms with van der Waals surface area (Å²) in [6.07, 6.45) is 0. The molecule has 1 N–H and O–H groups in total. The average molecular weight is 441 g/mol. The lowest BCUT2D eigenvalue weighted by Gasteiger charge is -2.08. The molecule has 7 nitrogen and oxygen atoms in total. The normalized spacial score (nSPS) is 10.1.